The topological polar surface area (TPSA) is 237 Å². The van der Waals surface area contributed by atoms with Crippen LogP contribution < -0.4 is 0 Å². The number of carbonyl (C=O) groups excluding carboxylic acids is 4. The molecule has 3 N–H and O–H groups in total. The molecule has 0 spiro atoms. The van der Waals surface area contributed by atoms with Gasteiger partial charge in [-0.1, -0.05) is 292 Å². The molecule has 0 saturated heterocycles. The first-order valence-electron chi connectivity index (χ1n) is 35.5. The SMILES string of the molecule is CCCCCCCCCCCCCCCCCCCCC(=O)O[C@H](COC(=O)CCCCCCCCCCCCC(C)CC)COP(=O)(O)OC[C@@H](O)COP(=O)(O)OC[C@@H](COC(=O)CCCCCCC)OC(=O)CCCCCCCCCC(C)C. The summed E-state index contributed by atoms with van der Waals surface area (Å²) in [5.74, 6) is -0.635. The van der Waals surface area contributed by atoms with Crippen molar-refractivity contribution in [3.63, 3.8) is 0 Å². The Labute approximate surface area is 530 Å². The summed E-state index contributed by atoms with van der Waals surface area (Å²) in [6, 6.07) is 0. The fourth-order valence-corrected chi connectivity index (χ4v) is 11.8. The van der Waals surface area contributed by atoms with E-state index < -0.39 is 97.5 Å². The van der Waals surface area contributed by atoms with Crippen molar-refractivity contribution < 1.29 is 80.2 Å². The van der Waals surface area contributed by atoms with Crippen LogP contribution in [0.25, 0.3) is 0 Å². The van der Waals surface area contributed by atoms with Crippen molar-refractivity contribution in [1.82, 2.24) is 0 Å². The molecule has 0 bridgehead atoms. The lowest BCUT2D eigenvalue weighted by Gasteiger charge is -2.21. The zero-order valence-corrected chi connectivity index (χ0v) is 58.1. The fourth-order valence-electron chi connectivity index (χ4n) is 10.2. The lowest BCUT2D eigenvalue weighted by Crippen LogP contribution is -2.30. The molecule has 0 fully saturated rings. The summed E-state index contributed by atoms with van der Waals surface area (Å²) >= 11 is 0. The standard InChI is InChI=1S/C68H132O17P2/c1-7-10-12-14-15-16-17-18-19-20-21-22-23-24-29-34-40-46-52-67(72)85-64(57-79-66(71)51-45-39-33-28-26-25-27-32-38-43-49-61(6)9-3)59-83-87(76,77)81-55-62(69)54-80-86(74,75)82-58-63(56-78-65(70)50-44-36-13-11-8-2)84-68(73)53-47-41-35-30-31-37-42-48-60(4)5/h60-64,69H,7-59H2,1-6H3,(H,74,75)(H,76,77)/t61?,62-,63+,64+/m0/s1. The first-order chi connectivity index (χ1) is 41.9. The molecule has 0 amide bonds. The van der Waals surface area contributed by atoms with Gasteiger partial charge in [0.05, 0.1) is 26.4 Å². The van der Waals surface area contributed by atoms with Gasteiger partial charge in [0, 0.05) is 25.7 Å². The number of hydrogen-bond donors (Lipinski definition) is 3. The van der Waals surface area contributed by atoms with Gasteiger partial charge in [0.15, 0.2) is 12.2 Å². The fraction of sp³-hybridized carbons (Fsp3) is 0.941. The van der Waals surface area contributed by atoms with E-state index in [4.69, 9.17) is 37.0 Å². The smallest absolute Gasteiger partial charge is 0.462 e. The molecule has 0 heterocycles. The van der Waals surface area contributed by atoms with Crippen LogP contribution >= 0.6 is 15.6 Å². The maximum atomic E-state index is 13.0. The highest BCUT2D eigenvalue weighted by atomic mass is 31.2. The molecular weight excluding hydrogens is 1150 g/mol. The predicted octanol–water partition coefficient (Wildman–Crippen LogP) is 19.2. The minimum atomic E-state index is -4.95. The minimum Gasteiger partial charge on any atom is -0.462 e. The molecule has 0 aromatic heterocycles. The number of hydrogen-bond acceptors (Lipinski definition) is 15. The Morgan fingerprint density at radius 1 is 0.333 bits per heavy atom. The van der Waals surface area contributed by atoms with Crippen LogP contribution in [-0.2, 0) is 65.4 Å². The van der Waals surface area contributed by atoms with Gasteiger partial charge in [-0.3, -0.25) is 37.3 Å². The minimum absolute atomic E-state index is 0.102. The number of phosphoric ester groups is 2. The number of rotatable bonds is 67. The van der Waals surface area contributed by atoms with Crippen LogP contribution in [-0.4, -0.2) is 96.7 Å². The third-order valence-electron chi connectivity index (χ3n) is 16.1. The molecular formula is C68H132O17P2. The van der Waals surface area contributed by atoms with Crippen molar-refractivity contribution >= 4 is 39.5 Å². The number of ether oxygens (including phenoxy) is 4. The molecule has 0 saturated carbocycles. The van der Waals surface area contributed by atoms with Crippen LogP contribution in [0.15, 0.2) is 0 Å². The van der Waals surface area contributed by atoms with Crippen LogP contribution in [0.2, 0.25) is 0 Å². The van der Waals surface area contributed by atoms with E-state index in [-0.39, 0.29) is 25.7 Å². The van der Waals surface area contributed by atoms with Crippen LogP contribution in [0.5, 0.6) is 0 Å². The van der Waals surface area contributed by atoms with Crippen molar-refractivity contribution in [3.8, 4) is 0 Å². The highest BCUT2D eigenvalue weighted by Gasteiger charge is 2.30. The van der Waals surface area contributed by atoms with Crippen molar-refractivity contribution in [2.45, 2.75) is 362 Å². The van der Waals surface area contributed by atoms with E-state index in [0.717, 1.165) is 102 Å². The summed E-state index contributed by atoms with van der Waals surface area (Å²) in [5, 5.41) is 10.5. The highest BCUT2D eigenvalue weighted by molar-refractivity contribution is 7.47. The second-order valence-corrected chi connectivity index (χ2v) is 28.2. The highest BCUT2D eigenvalue weighted by Crippen LogP contribution is 2.45. The number of esters is 4. The van der Waals surface area contributed by atoms with Crippen LogP contribution in [0.1, 0.15) is 343 Å². The Morgan fingerprint density at radius 3 is 0.874 bits per heavy atom. The molecule has 3 unspecified atom stereocenters. The van der Waals surface area contributed by atoms with Gasteiger partial charge in [-0.2, -0.15) is 0 Å². The second-order valence-electron chi connectivity index (χ2n) is 25.3. The van der Waals surface area contributed by atoms with Gasteiger partial charge in [0.25, 0.3) is 0 Å². The van der Waals surface area contributed by atoms with E-state index in [1.54, 1.807) is 0 Å². The molecule has 0 aromatic carbocycles. The van der Waals surface area contributed by atoms with Gasteiger partial charge < -0.3 is 33.8 Å². The summed E-state index contributed by atoms with van der Waals surface area (Å²) < 4.78 is 68.0. The second kappa shape index (κ2) is 60.3. The molecule has 516 valence electrons. The summed E-state index contributed by atoms with van der Waals surface area (Å²) in [7, 11) is -9.89. The first kappa shape index (κ1) is 85.1. The monoisotopic (exact) mass is 1280 g/mol. The maximum absolute atomic E-state index is 13.0. The van der Waals surface area contributed by atoms with Gasteiger partial charge in [0.1, 0.15) is 19.3 Å². The average Bonchev–Trinajstić information content (AvgIpc) is 3.54. The Kier molecular flexibility index (Phi) is 59.0. The molecule has 0 aliphatic rings. The molecule has 19 heteroatoms. The Morgan fingerprint density at radius 2 is 0.586 bits per heavy atom. The van der Waals surface area contributed by atoms with Crippen LogP contribution in [0.4, 0.5) is 0 Å². The van der Waals surface area contributed by atoms with Gasteiger partial charge in [0.2, 0.25) is 0 Å². The quantitative estimate of drug-likeness (QED) is 0.0222. The predicted molar refractivity (Wildman–Crippen MR) is 349 cm³/mol. The molecule has 0 aliphatic carbocycles. The van der Waals surface area contributed by atoms with Gasteiger partial charge >= 0.3 is 39.5 Å². The number of phosphoric acid groups is 2. The summed E-state index contributed by atoms with van der Waals surface area (Å²) in [6.07, 6.45) is 44.9. The Bertz CT molecular complexity index is 1700. The van der Waals surface area contributed by atoms with Gasteiger partial charge in [-0.05, 0) is 37.5 Å². The molecule has 0 radical (unpaired) electrons. The third kappa shape index (κ3) is 61.3. The zero-order valence-electron chi connectivity index (χ0n) is 56.3. The number of carbonyl (C=O) groups is 4. The number of aliphatic hydroxyl groups excluding tert-OH is 1. The number of unbranched alkanes of at least 4 members (excludes halogenated alkanes) is 36. The van der Waals surface area contributed by atoms with E-state index in [9.17, 15) is 43.2 Å². The Balaban J connectivity index is 5.16. The largest absolute Gasteiger partial charge is 0.472 e. The molecule has 6 atom stereocenters. The lowest BCUT2D eigenvalue weighted by atomic mass is 9.99. The maximum Gasteiger partial charge on any atom is 0.472 e. The average molecular weight is 1280 g/mol. The third-order valence-corrected chi connectivity index (χ3v) is 18.0. The van der Waals surface area contributed by atoms with Crippen LogP contribution in [0, 0.1) is 11.8 Å². The normalized spacial score (nSPS) is 14.5. The zero-order chi connectivity index (χ0) is 64.3. The summed E-state index contributed by atoms with van der Waals surface area (Å²) in [6.45, 7) is 9.41. The van der Waals surface area contributed by atoms with Gasteiger partial charge in [-0.25, -0.2) is 9.13 Å². The molecule has 0 aromatic rings. The van der Waals surface area contributed by atoms with E-state index in [0.29, 0.717) is 31.6 Å². The molecule has 0 aliphatic heterocycles. The van der Waals surface area contributed by atoms with Crippen molar-refractivity contribution in [3.05, 3.63) is 0 Å². The van der Waals surface area contributed by atoms with Crippen molar-refractivity contribution in [1.29, 1.82) is 0 Å². The Hall–Kier alpha value is -1.94. The first-order valence-corrected chi connectivity index (χ1v) is 38.5. The molecule has 87 heavy (non-hydrogen) atoms. The van der Waals surface area contributed by atoms with E-state index in [1.807, 2.05) is 0 Å². The lowest BCUT2D eigenvalue weighted by molar-refractivity contribution is -0.161. The van der Waals surface area contributed by atoms with Crippen LogP contribution in [0.3, 0.4) is 0 Å². The molecule has 0 rings (SSSR count). The summed E-state index contributed by atoms with van der Waals surface area (Å²) in [4.78, 5) is 72.1. The molecule has 17 nitrogen and oxygen atoms in total. The summed E-state index contributed by atoms with van der Waals surface area (Å²) in [5.41, 5.74) is 0. The van der Waals surface area contributed by atoms with Gasteiger partial charge in [-0.15, -0.1) is 0 Å². The van der Waals surface area contributed by atoms with Crippen molar-refractivity contribution in [2.75, 3.05) is 39.6 Å². The van der Waals surface area contributed by atoms with E-state index in [1.165, 1.54) is 154 Å². The van der Waals surface area contributed by atoms with E-state index >= 15 is 0 Å². The van der Waals surface area contributed by atoms with Crippen molar-refractivity contribution in [2.24, 2.45) is 11.8 Å². The number of aliphatic hydroxyl groups is 1. The van der Waals surface area contributed by atoms with E-state index in [2.05, 4.69) is 41.5 Å².